The molecule has 2 aromatic carbocycles. The lowest BCUT2D eigenvalue weighted by atomic mass is 10.0. The molecule has 4 amide bonds. The maximum absolute atomic E-state index is 14.8. The summed E-state index contributed by atoms with van der Waals surface area (Å²) in [6.07, 6.45) is 8.69. The van der Waals surface area contributed by atoms with Gasteiger partial charge in [-0.1, -0.05) is 19.1 Å². The Kier molecular flexibility index (Phi) is 11.5. The molecule has 370 valence electrons. The van der Waals surface area contributed by atoms with Gasteiger partial charge in [-0.2, -0.15) is 17.6 Å². The molecule has 0 bridgehead atoms. The van der Waals surface area contributed by atoms with E-state index in [1.54, 1.807) is 30.9 Å². The highest BCUT2D eigenvalue weighted by atomic mass is 19.3. The topological polar surface area (TPSA) is 197 Å². The third-order valence-electron chi connectivity index (χ3n) is 14.1. The number of anilines is 2. The van der Waals surface area contributed by atoms with E-state index in [0.717, 1.165) is 41.6 Å². The molecular formula is C50H50F4N10O7. The number of hydrogen-bond acceptors (Lipinski definition) is 11. The SMILES string of the molecule is CCCOCN1C(=O)C(F)(F)c2ccc(-c3cc4ncn(C5CC5)c4c(O[C@H](C)[C@H]4CNC(=O)C4)n3)cc21.C[C@@H](Oc1nc(-c2ccc3c(c2)NC(=O)C3(F)F)cc2ncn(C3CC3)c12)[C@H]1CNC(=O)C1. The fraction of sp³-hybridized carbons (Fsp3) is 0.440. The minimum Gasteiger partial charge on any atom is -0.473 e. The first-order valence-corrected chi connectivity index (χ1v) is 24.0. The molecule has 2 saturated heterocycles. The summed E-state index contributed by atoms with van der Waals surface area (Å²) in [6, 6.07) is 12.9. The number of carbonyl (C=O) groups is 4. The molecule has 3 N–H and O–H groups in total. The number of imidazole rings is 2. The lowest BCUT2D eigenvalue weighted by molar-refractivity contribution is -0.142. The molecule has 71 heavy (non-hydrogen) atoms. The van der Waals surface area contributed by atoms with Crippen molar-refractivity contribution in [3.63, 3.8) is 0 Å². The zero-order chi connectivity index (χ0) is 49.5. The Labute approximate surface area is 403 Å². The number of nitrogens with zero attached hydrogens (tertiary/aromatic N) is 7. The highest BCUT2D eigenvalue weighted by Gasteiger charge is 2.53. The predicted molar refractivity (Wildman–Crippen MR) is 250 cm³/mol. The van der Waals surface area contributed by atoms with Gasteiger partial charge in [-0.15, -0.1) is 0 Å². The Morgan fingerprint density at radius 1 is 0.704 bits per heavy atom. The largest absolute Gasteiger partial charge is 0.473 e. The van der Waals surface area contributed by atoms with Crippen LogP contribution in [0.3, 0.4) is 0 Å². The highest BCUT2D eigenvalue weighted by Crippen LogP contribution is 2.48. The molecule has 4 aromatic heterocycles. The number of nitrogens with one attached hydrogen (secondary N) is 3. The van der Waals surface area contributed by atoms with Gasteiger partial charge in [-0.3, -0.25) is 24.1 Å². The zero-order valence-corrected chi connectivity index (χ0v) is 39.0. The molecule has 8 heterocycles. The van der Waals surface area contributed by atoms with Crippen molar-refractivity contribution in [2.45, 2.75) is 102 Å². The van der Waals surface area contributed by atoms with Crippen LogP contribution < -0.4 is 30.3 Å². The Morgan fingerprint density at radius 2 is 1.23 bits per heavy atom. The van der Waals surface area contributed by atoms with E-state index < -0.39 is 23.7 Å². The number of pyridine rings is 2. The Bertz CT molecular complexity index is 3150. The quantitative estimate of drug-likeness (QED) is 0.0721. The third kappa shape index (κ3) is 8.46. The number of aromatic nitrogens is 6. The summed E-state index contributed by atoms with van der Waals surface area (Å²) in [7, 11) is 0. The molecule has 4 fully saturated rings. The standard InChI is InChI=1S/C27H29F2N5O4.C23H21F2N5O3/c1-3-8-37-14-34-22-9-16(4-7-19(22)27(28,29)26(34)36)20-11-21-24(33(13-31-21)18-5-6-18)25(32-20)38-15(2)17-10-23(35)30-12-17;1-11(13-7-19(31)26-9-13)33-21-20-18(27-10-30(20)14-3-4-14)8-16(28-21)12-2-5-15-17(6-12)29-22(32)23(15,24)25/h4,7,9,11,13,15,17-18H,3,5-6,8,10,12,14H2,1-2H3,(H,30,35);2,5-6,8,10-11,13-14H,3-4,7,9H2,1H3,(H,26,31)(H,29,32)/t15-,17-;11-,13-/m11/s1. The van der Waals surface area contributed by atoms with Gasteiger partial charge in [-0.05, 0) is 82.3 Å². The molecule has 2 aliphatic carbocycles. The van der Waals surface area contributed by atoms with Gasteiger partial charge in [0, 0.05) is 67.6 Å². The number of rotatable bonds is 14. The van der Waals surface area contributed by atoms with Crippen molar-refractivity contribution in [2.24, 2.45) is 11.8 Å². The lowest BCUT2D eigenvalue weighted by Crippen LogP contribution is -2.36. The van der Waals surface area contributed by atoms with Gasteiger partial charge >= 0.3 is 17.8 Å². The van der Waals surface area contributed by atoms with Crippen LogP contribution in [0.5, 0.6) is 11.8 Å². The molecular weight excluding hydrogens is 929 g/mol. The first-order chi connectivity index (χ1) is 34.1. The van der Waals surface area contributed by atoms with Crippen molar-refractivity contribution in [2.75, 3.05) is 36.6 Å². The van der Waals surface area contributed by atoms with Crippen LogP contribution in [-0.2, 0) is 35.8 Å². The Balaban J connectivity index is 0.000000155. The molecule has 6 aromatic rings. The average Bonchev–Trinajstić information content (AvgIpc) is 4.10. The van der Waals surface area contributed by atoms with Gasteiger partial charge < -0.3 is 39.3 Å². The molecule has 4 aliphatic heterocycles. The van der Waals surface area contributed by atoms with E-state index in [0.29, 0.717) is 96.4 Å². The fourth-order valence-corrected chi connectivity index (χ4v) is 9.64. The summed E-state index contributed by atoms with van der Waals surface area (Å²) < 4.78 is 79.9. The number of alkyl halides is 4. The second kappa shape index (κ2) is 17.6. The van der Waals surface area contributed by atoms with Crippen LogP contribution in [0.4, 0.5) is 28.9 Å². The van der Waals surface area contributed by atoms with Gasteiger partial charge in [0.25, 0.3) is 5.91 Å². The van der Waals surface area contributed by atoms with Crippen LogP contribution in [0.2, 0.25) is 0 Å². The number of halogens is 4. The number of benzene rings is 2. The summed E-state index contributed by atoms with van der Waals surface area (Å²) in [4.78, 5) is 67.2. The number of fused-ring (bicyclic) bond motifs is 4. The summed E-state index contributed by atoms with van der Waals surface area (Å²) in [5.41, 5.74) is 4.48. The Morgan fingerprint density at radius 3 is 1.72 bits per heavy atom. The third-order valence-corrected chi connectivity index (χ3v) is 14.1. The molecule has 0 spiro atoms. The molecule has 6 aliphatic rings. The van der Waals surface area contributed by atoms with Gasteiger partial charge in [-0.25, -0.2) is 19.9 Å². The van der Waals surface area contributed by atoms with Crippen molar-refractivity contribution in [1.29, 1.82) is 0 Å². The van der Waals surface area contributed by atoms with Crippen LogP contribution in [-0.4, -0.2) is 91.3 Å². The number of ether oxygens (including phenoxy) is 3. The van der Waals surface area contributed by atoms with E-state index in [2.05, 4.69) is 35.1 Å². The second-order valence-electron chi connectivity index (χ2n) is 19.2. The van der Waals surface area contributed by atoms with E-state index in [1.807, 2.05) is 20.8 Å². The van der Waals surface area contributed by atoms with E-state index in [-0.39, 0.29) is 65.1 Å². The van der Waals surface area contributed by atoms with Crippen LogP contribution in [0.1, 0.15) is 88.9 Å². The molecule has 4 atom stereocenters. The molecule has 2 saturated carbocycles. The second-order valence-corrected chi connectivity index (χ2v) is 19.2. The van der Waals surface area contributed by atoms with Gasteiger partial charge in [0.1, 0.15) is 30.0 Å². The first kappa shape index (κ1) is 46.2. The minimum atomic E-state index is -3.62. The van der Waals surface area contributed by atoms with Crippen molar-refractivity contribution in [1.82, 2.24) is 39.7 Å². The maximum Gasteiger partial charge on any atom is 0.352 e. The predicted octanol–water partition coefficient (Wildman–Crippen LogP) is 7.54. The molecule has 12 rings (SSSR count). The van der Waals surface area contributed by atoms with Crippen LogP contribution >= 0.6 is 0 Å². The minimum absolute atomic E-state index is 0.00215. The number of amides is 4. The molecule has 17 nitrogen and oxygen atoms in total. The van der Waals surface area contributed by atoms with Crippen LogP contribution in [0.25, 0.3) is 44.6 Å². The molecule has 0 unspecified atom stereocenters. The highest BCUT2D eigenvalue weighted by molar-refractivity contribution is 6.06. The fourth-order valence-electron chi connectivity index (χ4n) is 9.64. The Hall–Kier alpha value is -7.16. The van der Waals surface area contributed by atoms with Crippen LogP contribution in [0, 0.1) is 11.8 Å². The van der Waals surface area contributed by atoms with E-state index in [4.69, 9.17) is 24.2 Å². The summed E-state index contributed by atoms with van der Waals surface area (Å²) in [5.74, 6) is -9.00. The van der Waals surface area contributed by atoms with Crippen molar-refractivity contribution in [3.8, 4) is 34.3 Å². The van der Waals surface area contributed by atoms with E-state index >= 15 is 0 Å². The average molecular weight is 979 g/mol. The van der Waals surface area contributed by atoms with Gasteiger partial charge in [0.2, 0.25) is 23.6 Å². The van der Waals surface area contributed by atoms with Crippen molar-refractivity contribution >= 4 is 57.1 Å². The normalized spacial score (nSPS) is 21.6. The summed E-state index contributed by atoms with van der Waals surface area (Å²) >= 11 is 0. The smallest absolute Gasteiger partial charge is 0.352 e. The number of hydrogen-bond donors (Lipinski definition) is 3. The van der Waals surface area contributed by atoms with E-state index in [9.17, 15) is 36.7 Å². The van der Waals surface area contributed by atoms with Crippen LogP contribution in [0.15, 0.2) is 61.2 Å². The summed E-state index contributed by atoms with van der Waals surface area (Å²) in [5, 5.41) is 7.91. The first-order valence-electron chi connectivity index (χ1n) is 24.0. The summed E-state index contributed by atoms with van der Waals surface area (Å²) in [6.45, 7) is 6.91. The van der Waals surface area contributed by atoms with Crippen molar-refractivity contribution in [3.05, 3.63) is 72.3 Å². The van der Waals surface area contributed by atoms with Gasteiger partial charge in [0.05, 0.1) is 57.6 Å². The maximum atomic E-state index is 14.8. The van der Waals surface area contributed by atoms with E-state index in [1.165, 1.54) is 30.3 Å². The monoisotopic (exact) mass is 978 g/mol. The van der Waals surface area contributed by atoms with Crippen molar-refractivity contribution < 1.29 is 51.0 Å². The lowest BCUT2D eigenvalue weighted by Gasteiger charge is -2.20. The zero-order valence-electron chi connectivity index (χ0n) is 39.0. The van der Waals surface area contributed by atoms with Gasteiger partial charge in [0.15, 0.2) is 0 Å². The molecule has 0 radical (unpaired) electrons. The number of carbonyl (C=O) groups excluding carboxylic acids is 4. The molecule has 21 heteroatoms.